The normalized spacial score (nSPS) is 10.7. The molecule has 0 atom stereocenters. The molecule has 0 aliphatic heterocycles. The molecule has 32 heavy (non-hydrogen) atoms. The van der Waals surface area contributed by atoms with Gasteiger partial charge in [0.1, 0.15) is 23.9 Å². The SMILES string of the molecule is Cc1c(NC(=O)c2ccccc2OCc2ccc(F)cc2)c(=O)n(-c2ccccc2)n1C. The molecule has 0 radical (unpaired) electrons. The van der Waals surface area contributed by atoms with Crippen molar-refractivity contribution < 1.29 is 13.9 Å². The molecule has 162 valence electrons. The maximum atomic E-state index is 13.1. The monoisotopic (exact) mass is 431 g/mol. The van der Waals surface area contributed by atoms with Gasteiger partial charge in [-0.15, -0.1) is 0 Å². The molecule has 0 fully saturated rings. The van der Waals surface area contributed by atoms with Crippen molar-refractivity contribution in [2.45, 2.75) is 13.5 Å². The molecule has 1 N–H and O–H groups in total. The number of para-hydroxylation sites is 2. The standard InChI is InChI=1S/C25H22FN3O3/c1-17-23(25(31)29(28(17)2)20-8-4-3-5-9-20)27-24(30)21-10-6-7-11-22(21)32-16-18-12-14-19(26)15-13-18/h3-15H,16H2,1-2H3,(H,27,30). The molecule has 0 spiro atoms. The van der Waals surface area contributed by atoms with E-state index in [-0.39, 0.29) is 23.7 Å². The highest BCUT2D eigenvalue weighted by Crippen LogP contribution is 2.22. The number of rotatable bonds is 6. The number of hydrogen-bond acceptors (Lipinski definition) is 3. The van der Waals surface area contributed by atoms with Gasteiger partial charge in [-0.25, -0.2) is 9.07 Å². The Morgan fingerprint density at radius 1 is 0.969 bits per heavy atom. The van der Waals surface area contributed by atoms with Gasteiger partial charge >= 0.3 is 0 Å². The molecule has 1 heterocycles. The van der Waals surface area contributed by atoms with E-state index in [1.165, 1.54) is 16.8 Å². The molecule has 0 bridgehead atoms. The van der Waals surface area contributed by atoms with Crippen molar-refractivity contribution in [1.29, 1.82) is 0 Å². The van der Waals surface area contributed by atoms with Gasteiger partial charge < -0.3 is 10.1 Å². The summed E-state index contributed by atoms with van der Waals surface area (Å²) in [7, 11) is 1.76. The highest BCUT2D eigenvalue weighted by Gasteiger charge is 2.20. The largest absolute Gasteiger partial charge is 0.488 e. The third-order valence-corrected chi connectivity index (χ3v) is 5.23. The van der Waals surface area contributed by atoms with Crippen LogP contribution in [0.15, 0.2) is 83.7 Å². The molecule has 7 heteroatoms. The average molecular weight is 431 g/mol. The lowest BCUT2D eigenvalue weighted by Gasteiger charge is -2.11. The van der Waals surface area contributed by atoms with Crippen LogP contribution < -0.4 is 15.6 Å². The van der Waals surface area contributed by atoms with Crippen molar-refractivity contribution in [3.63, 3.8) is 0 Å². The fraction of sp³-hybridized carbons (Fsp3) is 0.120. The first-order valence-corrected chi connectivity index (χ1v) is 10.1. The second-order valence-electron chi connectivity index (χ2n) is 7.30. The zero-order valence-electron chi connectivity index (χ0n) is 17.7. The van der Waals surface area contributed by atoms with Crippen molar-refractivity contribution in [1.82, 2.24) is 9.36 Å². The topological polar surface area (TPSA) is 65.3 Å². The molecule has 0 saturated heterocycles. The Hall–Kier alpha value is -4.13. The van der Waals surface area contributed by atoms with Gasteiger partial charge in [-0.3, -0.25) is 14.3 Å². The number of nitrogens with zero attached hydrogens (tertiary/aromatic N) is 2. The van der Waals surface area contributed by atoms with E-state index in [9.17, 15) is 14.0 Å². The predicted molar refractivity (Wildman–Crippen MR) is 121 cm³/mol. The molecule has 1 aromatic heterocycles. The van der Waals surface area contributed by atoms with Crippen LogP contribution in [0.4, 0.5) is 10.1 Å². The Bertz CT molecular complexity index is 1310. The van der Waals surface area contributed by atoms with Gasteiger partial charge in [0.2, 0.25) is 0 Å². The molecule has 1 amide bonds. The third-order valence-electron chi connectivity index (χ3n) is 5.23. The molecular weight excluding hydrogens is 409 g/mol. The molecule has 0 saturated carbocycles. The van der Waals surface area contributed by atoms with Crippen molar-refractivity contribution >= 4 is 11.6 Å². The molecule has 0 aliphatic rings. The number of halogens is 1. The van der Waals surface area contributed by atoms with Crippen LogP contribution in [0.5, 0.6) is 5.75 Å². The van der Waals surface area contributed by atoms with Crippen LogP contribution >= 0.6 is 0 Å². The Morgan fingerprint density at radius 2 is 1.62 bits per heavy atom. The summed E-state index contributed by atoms with van der Waals surface area (Å²) in [5.74, 6) is -0.412. The second kappa shape index (κ2) is 8.93. The number of nitrogens with one attached hydrogen (secondary N) is 1. The van der Waals surface area contributed by atoms with Gasteiger partial charge in [-0.05, 0) is 48.9 Å². The molecule has 4 aromatic rings. The maximum absolute atomic E-state index is 13.1. The lowest BCUT2D eigenvalue weighted by atomic mass is 10.1. The summed E-state index contributed by atoms with van der Waals surface area (Å²) in [4.78, 5) is 26.1. The molecule has 0 aliphatic carbocycles. The minimum atomic E-state index is -0.453. The van der Waals surface area contributed by atoms with Gasteiger partial charge in [0.15, 0.2) is 0 Å². The van der Waals surface area contributed by atoms with Gasteiger partial charge in [0, 0.05) is 7.05 Å². The first kappa shape index (κ1) is 21.1. The van der Waals surface area contributed by atoms with Crippen LogP contribution in [-0.4, -0.2) is 15.3 Å². The average Bonchev–Trinajstić information content (AvgIpc) is 3.02. The Kier molecular flexibility index (Phi) is 5.89. The van der Waals surface area contributed by atoms with Gasteiger partial charge in [-0.1, -0.05) is 42.5 Å². The summed E-state index contributed by atoms with van der Waals surface area (Å²) in [6.07, 6.45) is 0. The van der Waals surface area contributed by atoms with E-state index in [1.807, 2.05) is 30.3 Å². The smallest absolute Gasteiger partial charge is 0.295 e. The van der Waals surface area contributed by atoms with Crippen LogP contribution in [-0.2, 0) is 13.7 Å². The summed E-state index contributed by atoms with van der Waals surface area (Å²) in [5.41, 5.74) is 2.27. The van der Waals surface area contributed by atoms with Gasteiger partial charge in [-0.2, -0.15) is 0 Å². The number of ether oxygens (including phenoxy) is 1. The fourth-order valence-corrected chi connectivity index (χ4v) is 3.41. The van der Waals surface area contributed by atoms with Gasteiger partial charge in [0.25, 0.3) is 11.5 Å². The minimum absolute atomic E-state index is 0.176. The van der Waals surface area contributed by atoms with Crippen molar-refractivity contribution in [2.75, 3.05) is 5.32 Å². The Morgan fingerprint density at radius 3 is 2.34 bits per heavy atom. The molecular formula is C25H22FN3O3. The van der Waals surface area contributed by atoms with Crippen LogP contribution in [0.1, 0.15) is 21.6 Å². The zero-order valence-corrected chi connectivity index (χ0v) is 17.7. The quantitative estimate of drug-likeness (QED) is 0.490. The molecule has 0 unspecified atom stereocenters. The third kappa shape index (κ3) is 4.18. The molecule has 4 rings (SSSR count). The lowest BCUT2D eigenvalue weighted by Crippen LogP contribution is -2.23. The van der Waals surface area contributed by atoms with E-state index in [4.69, 9.17) is 4.74 Å². The highest BCUT2D eigenvalue weighted by molar-refractivity contribution is 6.06. The zero-order chi connectivity index (χ0) is 22.7. The van der Waals surface area contributed by atoms with Crippen LogP contribution in [0.25, 0.3) is 5.69 Å². The van der Waals surface area contributed by atoms with E-state index >= 15 is 0 Å². The van der Waals surface area contributed by atoms with E-state index in [1.54, 1.807) is 55.1 Å². The maximum Gasteiger partial charge on any atom is 0.295 e. The highest BCUT2D eigenvalue weighted by atomic mass is 19.1. The predicted octanol–water partition coefficient (Wildman–Crippen LogP) is 4.45. The second-order valence-corrected chi connectivity index (χ2v) is 7.30. The van der Waals surface area contributed by atoms with E-state index in [0.29, 0.717) is 22.7 Å². The molecule has 3 aromatic carbocycles. The Balaban J connectivity index is 1.59. The van der Waals surface area contributed by atoms with Crippen LogP contribution in [0.3, 0.4) is 0 Å². The van der Waals surface area contributed by atoms with E-state index in [0.717, 1.165) is 5.56 Å². The summed E-state index contributed by atoms with van der Waals surface area (Å²) < 4.78 is 22.1. The van der Waals surface area contributed by atoms with Crippen LogP contribution in [0.2, 0.25) is 0 Å². The van der Waals surface area contributed by atoms with Crippen LogP contribution in [0, 0.1) is 12.7 Å². The number of carbonyl (C=O) groups is 1. The Labute approximate surface area is 184 Å². The van der Waals surface area contributed by atoms with E-state index in [2.05, 4.69) is 5.32 Å². The summed E-state index contributed by atoms with van der Waals surface area (Å²) in [5, 5.41) is 2.75. The molecule has 6 nitrogen and oxygen atoms in total. The van der Waals surface area contributed by atoms with Crippen molar-refractivity contribution in [3.8, 4) is 11.4 Å². The van der Waals surface area contributed by atoms with Crippen molar-refractivity contribution in [2.24, 2.45) is 7.05 Å². The van der Waals surface area contributed by atoms with Crippen molar-refractivity contribution in [3.05, 3.63) is 112 Å². The summed E-state index contributed by atoms with van der Waals surface area (Å²) >= 11 is 0. The van der Waals surface area contributed by atoms with Gasteiger partial charge in [0.05, 0.1) is 16.9 Å². The van der Waals surface area contributed by atoms with E-state index < -0.39 is 5.91 Å². The summed E-state index contributed by atoms with van der Waals surface area (Å²) in [6, 6.07) is 21.9. The number of benzene rings is 3. The number of amides is 1. The number of carbonyl (C=O) groups excluding carboxylic acids is 1. The number of anilines is 1. The fourth-order valence-electron chi connectivity index (χ4n) is 3.41. The summed E-state index contributed by atoms with van der Waals surface area (Å²) in [6.45, 7) is 1.95. The first-order chi connectivity index (χ1) is 15.5. The number of aromatic nitrogens is 2. The first-order valence-electron chi connectivity index (χ1n) is 10.1. The number of hydrogen-bond donors (Lipinski definition) is 1. The lowest BCUT2D eigenvalue weighted by molar-refractivity contribution is 0.102. The minimum Gasteiger partial charge on any atom is -0.488 e.